The Morgan fingerprint density at radius 2 is 2.10 bits per heavy atom. The van der Waals surface area contributed by atoms with Crippen LogP contribution in [0.5, 0.6) is 0 Å². The Morgan fingerprint density at radius 3 is 2.83 bits per heavy atom. The summed E-state index contributed by atoms with van der Waals surface area (Å²) in [6.45, 7) is 0. The van der Waals surface area contributed by atoms with Crippen molar-refractivity contribution in [3.8, 4) is 10.4 Å². The number of nitro benzene ring substituents is 1. The van der Waals surface area contributed by atoms with Crippen molar-refractivity contribution in [3.63, 3.8) is 0 Å². The summed E-state index contributed by atoms with van der Waals surface area (Å²) in [6.07, 6.45) is 0. The van der Waals surface area contributed by atoms with Gasteiger partial charge in [-0.3, -0.25) is 24.3 Å². The first-order chi connectivity index (χ1) is 14.0. The standard InChI is InChI=1S/C19H13N3O4S3/c1-21-18(24)16-13(15-6-3-7-27-15)9-28-17(16)20-19(21)29-10-14(23)11-4-2-5-12(8-11)22(25)26/h2-9H,10H2,1H3. The van der Waals surface area contributed by atoms with Crippen LogP contribution in [-0.4, -0.2) is 26.0 Å². The molecule has 0 radical (unpaired) electrons. The average molecular weight is 444 g/mol. The van der Waals surface area contributed by atoms with E-state index in [9.17, 15) is 19.7 Å². The monoisotopic (exact) mass is 443 g/mol. The van der Waals surface area contributed by atoms with E-state index in [1.165, 1.54) is 40.2 Å². The predicted molar refractivity (Wildman–Crippen MR) is 116 cm³/mol. The summed E-state index contributed by atoms with van der Waals surface area (Å²) >= 11 is 4.10. The van der Waals surface area contributed by atoms with Crippen molar-refractivity contribution >= 4 is 56.1 Å². The molecular formula is C19H13N3O4S3. The van der Waals surface area contributed by atoms with Crippen LogP contribution in [0.3, 0.4) is 0 Å². The summed E-state index contributed by atoms with van der Waals surface area (Å²) in [4.78, 5) is 41.9. The molecule has 0 N–H and O–H groups in total. The smallest absolute Gasteiger partial charge is 0.270 e. The van der Waals surface area contributed by atoms with Crippen LogP contribution in [0.25, 0.3) is 20.7 Å². The molecule has 0 atom stereocenters. The van der Waals surface area contributed by atoms with E-state index in [0.29, 0.717) is 15.4 Å². The quantitative estimate of drug-likeness (QED) is 0.142. The number of fused-ring (bicyclic) bond motifs is 1. The van der Waals surface area contributed by atoms with Gasteiger partial charge in [0.2, 0.25) is 0 Å². The van der Waals surface area contributed by atoms with Gasteiger partial charge in [0.15, 0.2) is 10.9 Å². The van der Waals surface area contributed by atoms with Gasteiger partial charge in [-0.25, -0.2) is 4.98 Å². The maximum atomic E-state index is 12.9. The number of aromatic nitrogens is 2. The van der Waals surface area contributed by atoms with Crippen molar-refractivity contribution in [2.75, 3.05) is 5.75 Å². The lowest BCUT2D eigenvalue weighted by atomic mass is 10.1. The van der Waals surface area contributed by atoms with E-state index in [0.717, 1.165) is 22.2 Å². The molecule has 0 spiro atoms. The molecule has 3 heterocycles. The SMILES string of the molecule is Cn1c(SCC(=O)c2cccc([N+](=O)[O-])c2)nc2scc(-c3cccs3)c2c1=O. The molecule has 146 valence electrons. The van der Waals surface area contributed by atoms with Gasteiger partial charge in [-0.05, 0) is 11.4 Å². The minimum atomic E-state index is -0.537. The average Bonchev–Trinajstić information content (AvgIpc) is 3.39. The third-order valence-electron chi connectivity index (χ3n) is 4.27. The maximum absolute atomic E-state index is 12.9. The van der Waals surface area contributed by atoms with E-state index in [2.05, 4.69) is 4.98 Å². The molecule has 0 fully saturated rings. The van der Waals surface area contributed by atoms with Gasteiger partial charge in [-0.1, -0.05) is 30.0 Å². The van der Waals surface area contributed by atoms with E-state index < -0.39 is 4.92 Å². The Morgan fingerprint density at radius 1 is 1.28 bits per heavy atom. The van der Waals surface area contributed by atoms with Gasteiger partial charge in [-0.15, -0.1) is 22.7 Å². The van der Waals surface area contributed by atoms with Gasteiger partial charge >= 0.3 is 0 Å². The molecule has 10 heteroatoms. The number of nitrogens with zero attached hydrogens (tertiary/aromatic N) is 3. The first-order valence-electron chi connectivity index (χ1n) is 8.38. The van der Waals surface area contributed by atoms with Crippen LogP contribution in [0.2, 0.25) is 0 Å². The number of non-ortho nitro benzene ring substituents is 1. The normalized spacial score (nSPS) is 11.1. The zero-order chi connectivity index (χ0) is 20.5. The third kappa shape index (κ3) is 3.74. The number of hydrogen-bond acceptors (Lipinski definition) is 8. The Balaban J connectivity index is 1.61. The van der Waals surface area contributed by atoms with Crippen LogP contribution < -0.4 is 5.56 Å². The van der Waals surface area contributed by atoms with Crippen LogP contribution in [0.15, 0.2) is 57.1 Å². The van der Waals surface area contributed by atoms with Crippen molar-refractivity contribution in [2.45, 2.75) is 5.16 Å². The van der Waals surface area contributed by atoms with Crippen LogP contribution in [0, 0.1) is 10.1 Å². The third-order valence-corrected chi connectivity index (χ3v) is 7.08. The zero-order valence-electron chi connectivity index (χ0n) is 15.0. The van der Waals surface area contributed by atoms with E-state index in [1.807, 2.05) is 22.9 Å². The summed E-state index contributed by atoms with van der Waals surface area (Å²) in [7, 11) is 1.63. The number of ketones is 1. The zero-order valence-corrected chi connectivity index (χ0v) is 17.5. The summed E-state index contributed by atoms with van der Waals surface area (Å²) < 4.78 is 1.44. The number of Topliss-reactive ketones (excluding diaryl/α,β-unsaturated/α-hetero) is 1. The summed E-state index contributed by atoms with van der Waals surface area (Å²) in [6, 6.07) is 9.51. The Bertz CT molecular complexity index is 1290. The molecule has 0 unspecified atom stereocenters. The van der Waals surface area contributed by atoms with Gasteiger partial charge in [0.1, 0.15) is 4.83 Å². The molecule has 0 bridgehead atoms. The number of nitro groups is 1. The molecule has 7 nitrogen and oxygen atoms in total. The van der Waals surface area contributed by atoms with Crippen molar-refractivity contribution in [1.82, 2.24) is 9.55 Å². The van der Waals surface area contributed by atoms with Crippen LogP contribution in [-0.2, 0) is 7.05 Å². The second kappa shape index (κ2) is 7.90. The molecule has 29 heavy (non-hydrogen) atoms. The number of thiophene rings is 2. The van der Waals surface area contributed by atoms with E-state index in [4.69, 9.17) is 0 Å². The minimum absolute atomic E-state index is 0.0239. The van der Waals surface area contributed by atoms with Crippen LogP contribution in [0.1, 0.15) is 10.4 Å². The molecule has 0 saturated heterocycles. The first kappa shape index (κ1) is 19.5. The summed E-state index contributed by atoms with van der Waals surface area (Å²) in [5, 5.41) is 15.8. The predicted octanol–water partition coefficient (Wildman–Crippen LogP) is 4.61. The highest BCUT2D eigenvalue weighted by molar-refractivity contribution is 7.99. The fraction of sp³-hybridized carbons (Fsp3) is 0.105. The first-order valence-corrected chi connectivity index (χ1v) is 11.1. The van der Waals surface area contributed by atoms with Gasteiger partial charge in [-0.2, -0.15) is 0 Å². The molecule has 0 aliphatic carbocycles. The van der Waals surface area contributed by atoms with Crippen molar-refractivity contribution < 1.29 is 9.72 Å². The fourth-order valence-corrected chi connectivity index (χ4v) is 5.47. The van der Waals surface area contributed by atoms with Crippen LogP contribution >= 0.6 is 34.4 Å². The lowest BCUT2D eigenvalue weighted by Gasteiger charge is -2.07. The summed E-state index contributed by atoms with van der Waals surface area (Å²) in [5.74, 6) is -0.241. The summed E-state index contributed by atoms with van der Waals surface area (Å²) in [5.41, 5.74) is 0.837. The van der Waals surface area contributed by atoms with E-state index in [1.54, 1.807) is 18.4 Å². The molecule has 3 aromatic heterocycles. The number of rotatable bonds is 6. The van der Waals surface area contributed by atoms with Crippen molar-refractivity contribution in [3.05, 3.63) is 73.2 Å². The molecule has 1 aromatic carbocycles. The molecule has 0 saturated carbocycles. The highest BCUT2D eigenvalue weighted by atomic mass is 32.2. The number of carbonyl (C=O) groups excluding carboxylic acids is 1. The lowest BCUT2D eigenvalue weighted by Crippen LogP contribution is -2.20. The van der Waals surface area contributed by atoms with Gasteiger partial charge in [0.05, 0.1) is 16.1 Å². The Labute approximate surface area is 176 Å². The molecule has 0 aliphatic rings. The van der Waals surface area contributed by atoms with Gasteiger partial charge in [0.25, 0.3) is 11.2 Å². The molecular weight excluding hydrogens is 430 g/mol. The largest absolute Gasteiger partial charge is 0.293 e. The highest BCUT2D eigenvalue weighted by Gasteiger charge is 2.18. The fourth-order valence-electron chi connectivity index (χ4n) is 2.80. The topological polar surface area (TPSA) is 95.1 Å². The van der Waals surface area contributed by atoms with E-state index in [-0.39, 0.29) is 28.3 Å². The van der Waals surface area contributed by atoms with Gasteiger partial charge in [0, 0.05) is 40.6 Å². The van der Waals surface area contributed by atoms with E-state index >= 15 is 0 Å². The molecule has 0 amide bonds. The highest BCUT2D eigenvalue weighted by Crippen LogP contribution is 2.34. The second-order valence-corrected chi connectivity index (χ2v) is 8.83. The number of hydrogen-bond donors (Lipinski definition) is 0. The Kier molecular flexibility index (Phi) is 5.31. The molecule has 0 aliphatic heterocycles. The van der Waals surface area contributed by atoms with Crippen molar-refractivity contribution in [2.24, 2.45) is 7.05 Å². The number of thioether (sulfide) groups is 1. The lowest BCUT2D eigenvalue weighted by molar-refractivity contribution is -0.384. The second-order valence-electron chi connectivity index (χ2n) is 6.08. The van der Waals surface area contributed by atoms with Crippen molar-refractivity contribution in [1.29, 1.82) is 0 Å². The molecule has 4 aromatic rings. The van der Waals surface area contributed by atoms with Gasteiger partial charge < -0.3 is 0 Å². The number of benzene rings is 1. The van der Waals surface area contributed by atoms with Crippen LogP contribution in [0.4, 0.5) is 5.69 Å². The molecule has 4 rings (SSSR count). The Hall–Kier alpha value is -2.82. The minimum Gasteiger partial charge on any atom is -0.293 e. The number of carbonyl (C=O) groups is 1. The maximum Gasteiger partial charge on any atom is 0.270 e.